The van der Waals surface area contributed by atoms with Crippen molar-refractivity contribution < 1.29 is 9.50 Å². The van der Waals surface area contributed by atoms with Gasteiger partial charge in [-0.25, -0.2) is 4.39 Å². The van der Waals surface area contributed by atoms with Crippen LogP contribution in [0.25, 0.3) is 22.0 Å². The highest BCUT2D eigenvalue weighted by Gasteiger charge is 2.29. The molecule has 0 saturated carbocycles. The summed E-state index contributed by atoms with van der Waals surface area (Å²) >= 11 is 0. The first kappa shape index (κ1) is 17.0. The number of fused-ring (bicyclic) bond motifs is 2. The molecule has 28 heavy (non-hydrogen) atoms. The lowest BCUT2D eigenvalue weighted by atomic mass is 10.00. The molecular formula is C22H19FN4O. The minimum absolute atomic E-state index is 0.283. The Hall–Kier alpha value is -3.09. The van der Waals surface area contributed by atoms with Crippen molar-refractivity contribution in [2.45, 2.75) is 19.3 Å². The Morgan fingerprint density at radius 2 is 2.07 bits per heavy atom. The summed E-state index contributed by atoms with van der Waals surface area (Å²) in [7, 11) is 1.89. The fraction of sp³-hybridized carbons (Fsp3) is 0.182. The topological polar surface area (TPSA) is 54.2 Å². The summed E-state index contributed by atoms with van der Waals surface area (Å²) in [6.07, 6.45) is 2.76. The maximum absolute atomic E-state index is 14.9. The summed E-state index contributed by atoms with van der Waals surface area (Å²) in [5.74, 6) is -0.283. The van der Waals surface area contributed by atoms with E-state index in [2.05, 4.69) is 10.1 Å². The molecule has 1 aliphatic heterocycles. The van der Waals surface area contributed by atoms with E-state index in [-0.39, 0.29) is 5.82 Å². The lowest BCUT2D eigenvalue weighted by molar-refractivity contribution is 0.00695. The molecule has 2 aromatic carbocycles. The summed E-state index contributed by atoms with van der Waals surface area (Å²) in [5.41, 5.74) is 4.96. The zero-order valence-electron chi connectivity index (χ0n) is 15.4. The fourth-order valence-electron chi connectivity index (χ4n) is 3.93. The Balaban J connectivity index is 1.44. The predicted octanol–water partition coefficient (Wildman–Crippen LogP) is 3.78. The van der Waals surface area contributed by atoms with Gasteiger partial charge in [-0.05, 0) is 29.3 Å². The average Bonchev–Trinajstić information content (AvgIpc) is 3.24. The Labute approximate surface area is 161 Å². The van der Waals surface area contributed by atoms with E-state index < -0.39 is 6.23 Å². The van der Waals surface area contributed by atoms with E-state index in [0.29, 0.717) is 18.7 Å². The summed E-state index contributed by atoms with van der Waals surface area (Å²) in [6.45, 7) is 0.828. The zero-order valence-corrected chi connectivity index (χ0v) is 15.4. The molecule has 140 valence electrons. The second kappa shape index (κ2) is 6.51. The van der Waals surface area contributed by atoms with E-state index in [1.807, 2.05) is 47.0 Å². The van der Waals surface area contributed by atoms with Crippen LogP contribution in [0.2, 0.25) is 0 Å². The highest BCUT2D eigenvalue weighted by atomic mass is 19.1. The minimum Gasteiger partial charge on any atom is -0.374 e. The van der Waals surface area contributed by atoms with Crippen molar-refractivity contribution in [3.05, 3.63) is 83.6 Å². The molecule has 1 atom stereocenters. The Morgan fingerprint density at radius 1 is 1.18 bits per heavy atom. The van der Waals surface area contributed by atoms with Crippen molar-refractivity contribution in [1.29, 1.82) is 0 Å². The molecule has 6 heteroatoms. The number of aryl methyl sites for hydroxylation is 1. The second-order valence-electron chi connectivity index (χ2n) is 7.13. The third-order valence-corrected chi connectivity index (χ3v) is 5.43. The number of aliphatic hydroxyl groups is 1. The lowest BCUT2D eigenvalue weighted by Crippen LogP contribution is -2.22. The van der Waals surface area contributed by atoms with E-state index in [1.54, 1.807) is 30.6 Å². The molecule has 0 spiro atoms. The number of aromatic nitrogens is 3. The molecule has 5 nitrogen and oxygen atoms in total. The summed E-state index contributed by atoms with van der Waals surface area (Å²) in [5, 5.41) is 15.8. The number of benzene rings is 2. The Morgan fingerprint density at radius 3 is 2.89 bits per heavy atom. The van der Waals surface area contributed by atoms with Crippen LogP contribution < -0.4 is 0 Å². The SMILES string of the molecule is Cn1ncc2c(-c3ccc(CN4Cc5ncccc5C4O)c(F)c3)cccc21. The van der Waals surface area contributed by atoms with Gasteiger partial charge in [0.15, 0.2) is 0 Å². The van der Waals surface area contributed by atoms with Gasteiger partial charge in [0.05, 0.1) is 17.4 Å². The molecule has 0 fully saturated rings. The molecule has 4 aromatic rings. The normalized spacial score (nSPS) is 16.6. The molecule has 3 heterocycles. The van der Waals surface area contributed by atoms with E-state index in [9.17, 15) is 9.50 Å². The van der Waals surface area contributed by atoms with Gasteiger partial charge in [-0.1, -0.05) is 30.3 Å². The summed E-state index contributed by atoms with van der Waals surface area (Å²) in [4.78, 5) is 6.12. The predicted molar refractivity (Wildman–Crippen MR) is 105 cm³/mol. The van der Waals surface area contributed by atoms with Crippen LogP contribution in [0.1, 0.15) is 23.0 Å². The molecule has 0 radical (unpaired) electrons. The average molecular weight is 374 g/mol. The number of hydrogen-bond donors (Lipinski definition) is 1. The van der Waals surface area contributed by atoms with Crippen molar-refractivity contribution in [3.63, 3.8) is 0 Å². The number of pyridine rings is 1. The van der Waals surface area contributed by atoms with Gasteiger partial charge in [0.1, 0.15) is 12.0 Å². The molecular weight excluding hydrogens is 355 g/mol. The van der Waals surface area contributed by atoms with Crippen LogP contribution >= 0.6 is 0 Å². The minimum atomic E-state index is -0.757. The van der Waals surface area contributed by atoms with Gasteiger partial charge in [0.25, 0.3) is 0 Å². The Bertz CT molecular complexity index is 1190. The first-order valence-corrected chi connectivity index (χ1v) is 9.17. The molecule has 2 aromatic heterocycles. The monoisotopic (exact) mass is 374 g/mol. The van der Waals surface area contributed by atoms with E-state index in [0.717, 1.165) is 33.3 Å². The van der Waals surface area contributed by atoms with Crippen molar-refractivity contribution in [2.75, 3.05) is 0 Å². The van der Waals surface area contributed by atoms with Crippen molar-refractivity contribution in [2.24, 2.45) is 7.05 Å². The van der Waals surface area contributed by atoms with Crippen LogP contribution in [0.15, 0.2) is 60.9 Å². The largest absolute Gasteiger partial charge is 0.374 e. The zero-order chi connectivity index (χ0) is 19.3. The van der Waals surface area contributed by atoms with Crippen LogP contribution in [0.3, 0.4) is 0 Å². The van der Waals surface area contributed by atoms with Gasteiger partial charge >= 0.3 is 0 Å². The van der Waals surface area contributed by atoms with Gasteiger partial charge in [-0.2, -0.15) is 5.10 Å². The third-order valence-electron chi connectivity index (χ3n) is 5.43. The second-order valence-corrected chi connectivity index (χ2v) is 7.13. The maximum Gasteiger partial charge on any atom is 0.136 e. The number of halogens is 1. The summed E-state index contributed by atoms with van der Waals surface area (Å²) < 4.78 is 16.7. The maximum atomic E-state index is 14.9. The molecule has 5 rings (SSSR count). The van der Waals surface area contributed by atoms with Gasteiger partial charge in [0.2, 0.25) is 0 Å². The smallest absolute Gasteiger partial charge is 0.136 e. The first-order valence-electron chi connectivity index (χ1n) is 9.17. The third kappa shape index (κ3) is 2.69. The van der Waals surface area contributed by atoms with Crippen LogP contribution in [-0.2, 0) is 20.1 Å². The standard InChI is InChI=1S/C22H19FN4O/c1-26-21-6-2-4-16(18(21)11-25-26)14-7-8-15(19(23)10-14)12-27-13-20-17(22(27)28)5-3-9-24-20/h2-11,22,28H,12-13H2,1H3. The van der Waals surface area contributed by atoms with Crippen molar-refractivity contribution >= 4 is 10.9 Å². The molecule has 1 unspecified atom stereocenters. The fourth-order valence-corrected chi connectivity index (χ4v) is 3.93. The summed E-state index contributed by atoms with van der Waals surface area (Å²) in [6, 6.07) is 14.9. The lowest BCUT2D eigenvalue weighted by Gasteiger charge is -2.20. The highest BCUT2D eigenvalue weighted by molar-refractivity contribution is 5.94. The van der Waals surface area contributed by atoms with Gasteiger partial charge in [-0.15, -0.1) is 0 Å². The molecule has 1 aliphatic rings. The van der Waals surface area contributed by atoms with Crippen LogP contribution in [0.5, 0.6) is 0 Å². The van der Waals surface area contributed by atoms with Crippen LogP contribution in [-0.4, -0.2) is 24.8 Å². The van der Waals surface area contributed by atoms with Gasteiger partial charge < -0.3 is 5.11 Å². The number of rotatable bonds is 3. The van der Waals surface area contributed by atoms with Crippen molar-refractivity contribution in [1.82, 2.24) is 19.7 Å². The number of hydrogen-bond acceptors (Lipinski definition) is 4. The van der Waals surface area contributed by atoms with Crippen LogP contribution in [0, 0.1) is 5.82 Å². The van der Waals surface area contributed by atoms with Gasteiger partial charge in [0, 0.05) is 42.8 Å². The molecule has 0 bridgehead atoms. The molecule has 0 saturated heterocycles. The molecule has 0 amide bonds. The molecule has 1 N–H and O–H groups in total. The highest BCUT2D eigenvalue weighted by Crippen LogP contribution is 2.33. The van der Waals surface area contributed by atoms with Crippen molar-refractivity contribution in [3.8, 4) is 11.1 Å². The van der Waals surface area contributed by atoms with E-state index >= 15 is 0 Å². The quantitative estimate of drug-likeness (QED) is 0.593. The van der Waals surface area contributed by atoms with E-state index in [4.69, 9.17) is 0 Å². The van der Waals surface area contributed by atoms with Crippen LogP contribution in [0.4, 0.5) is 4.39 Å². The first-order chi connectivity index (χ1) is 13.6. The number of aliphatic hydroxyl groups excluding tert-OH is 1. The van der Waals surface area contributed by atoms with Gasteiger partial charge in [-0.3, -0.25) is 14.6 Å². The number of nitrogens with zero attached hydrogens (tertiary/aromatic N) is 4. The molecule has 0 aliphatic carbocycles. The Kier molecular flexibility index (Phi) is 3.96. The van der Waals surface area contributed by atoms with E-state index in [1.165, 1.54) is 0 Å².